The first-order chi connectivity index (χ1) is 14.2. The summed E-state index contributed by atoms with van der Waals surface area (Å²) in [5, 5.41) is 3.19. The van der Waals surface area contributed by atoms with Gasteiger partial charge in [0.15, 0.2) is 0 Å². The molecule has 146 valence electrons. The number of carbonyl (C=O) groups is 1. The SMILES string of the molecule is NC(=O)c1cc(-c2csc(CN3CCCC3c3ccccc3)c2)cc2cc[nH]c12. The number of nitrogens with zero attached hydrogens (tertiary/aromatic N) is 1. The number of carbonyl (C=O) groups excluding carboxylic acids is 1. The number of rotatable bonds is 5. The summed E-state index contributed by atoms with van der Waals surface area (Å²) in [5.74, 6) is -0.405. The molecule has 0 aliphatic carbocycles. The Balaban J connectivity index is 1.41. The lowest BCUT2D eigenvalue weighted by Gasteiger charge is -2.24. The molecule has 3 heterocycles. The topological polar surface area (TPSA) is 62.1 Å². The van der Waals surface area contributed by atoms with E-state index < -0.39 is 5.91 Å². The second-order valence-electron chi connectivity index (χ2n) is 7.67. The van der Waals surface area contributed by atoms with Crippen molar-refractivity contribution in [2.75, 3.05) is 6.54 Å². The summed E-state index contributed by atoms with van der Waals surface area (Å²) in [6.45, 7) is 2.09. The predicted octanol–water partition coefficient (Wildman–Crippen LogP) is 5.33. The molecule has 0 bridgehead atoms. The van der Waals surface area contributed by atoms with Gasteiger partial charge in [-0.2, -0.15) is 0 Å². The number of nitrogens with one attached hydrogen (secondary N) is 1. The van der Waals surface area contributed by atoms with Gasteiger partial charge in [-0.05, 0) is 65.7 Å². The minimum Gasteiger partial charge on any atom is -0.366 e. The molecule has 0 saturated carbocycles. The molecule has 2 aromatic carbocycles. The van der Waals surface area contributed by atoms with Crippen LogP contribution in [0.25, 0.3) is 22.0 Å². The van der Waals surface area contributed by atoms with Crippen LogP contribution in [0.2, 0.25) is 0 Å². The molecule has 1 saturated heterocycles. The summed E-state index contributed by atoms with van der Waals surface area (Å²) >= 11 is 1.78. The van der Waals surface area contributed by atoms with E-state index in [0.717, 1.165) is 35.1 Å². The number of amides is 1. The Morgan fingerprint density at radius 1 is 1.14 bits per heavy atom. The zero-order valence-electron chi connectivity index (χ0n) is 16.1. The Bertz CT molecular complexity index is 1160. The van der Waals surface area contributed by atoms with E-state index in [1.165, 1.54) is 23.3 Å². The fourth-order valence-corrected chi connectivity index (χ4v) is 5.33. The van der Waals surface area contributed by atoms with Crippen LogP contribution in [0.5, 0.6) is 0 Å². The van der Waals surface area contributed by atoms with Crippen LogP contribution in [0, 0.1) is 0 Å². The highest BCUT2D eigenvalue weighted by Crippen LogP contribution is 2.36. The molecule has 0 spiro atoms. The summed E-state index contributed by atoms with van der Waals surface area (Å²) in [5.41, 5.74) is 10.5. The maximum atomic E-state index is 11.9. The molecule has 1 atom stereocenters. The Labute approximate surface area is 174 Å². The number of hydrogen-bond donors (Lipinski definition) is 2. The van der Waals surface area contributed by atoms with Gasteiger partial charge in [-0.15, -0.1) is 11.3 Å². The summed E-state index contributed by atoms with van der Waals surface area (Å²) in [6, 6.07) is 19.6. The molecule has 1 fully saturated rings. The summed E-state index contributed by atoms with van der Waals surface area (Å²) in [7, 11) is 0. The molecule has 29 heavy (non-hydrogen) atoms. The number of thiophene rings is 1. The fraction of sp³-hybridized carbons (Fsp3) is 0.208. The van der Waals surface area contributed by atoms with Gasteiger partial charge in [0.05, 0.1) is 11.1 Å². The van der Waals surface area contributed by atoms with Crippen LogP contribution in [0.3, 0.4) is 0 Å². The quantitative estimate of drug-likeness (QED) is 0.475. The number of hydrogen-bond acceptors (Lipinski definition) is 3. The molecule has 1 amide bonds. The highest BCUT2D eigenvalue weighted by Gasteiger charge is 2.26. The first kappa shape index (κ1) is 18.2. The predicted molar refractivity (Wildman–Crippen MR) is 119 cm³/mol. The van der Waals surface area contributed by atoms with Crippen molar-refractivity contribution in [2.45, 2.75) is 25.4 Å². The maximum absolute atomic E-state index is 11.9. The lowest BCUT2D eigenvalue weighted by atomic mass is 10.0. The Hall–Kier alpha value is -2.89. The Morgan fingerprint density at radius 3 is 2.83 bits per heavy atom. The van der Waals surface area contributed by atoms with Crippen molar-refractivity contribution in [3.8, 4) is 11.1 Å². The van der Waals surface area contributed by atoms with Gasteiger partial charge in [0, 0.05) is 29.0 Å². The molecule has 2 aromatic heterocycles. The van der Waals surface area contributed by atoms with E-state index in [1.54, 1.807) is 11.3 Å². The number of aromatic amines is 1. The molecule has 1 unspecified atom stereocenters. The normalized spacial score (nSPS) is 17.2. The van der Waals surface area contributed by atoms with Crippen LogP contribution in [-0.2, 0) is 6.54 Å². The van der Waals surface area contributed by atoms with Gasteiger partial charge in [0.1, 0.15) is 0 Å². The van der Waals surface area contributed by atoms with E-state index >= 15 is 0 Å². The fourth-order valence-electron chi connectivity index (χ4n) is 4.42. The molecule has 3 N–H and O–H groups in total. The number of nitrogens with two attached hydrogens (primary N) is 1. The number of likely N-dealkylation sites (tertiary alicyclic amines) is 1. The van der Waals surface area contributed by atoms with Crippen LogP contribution < -0.4 is 5.73 Å². The average Bonchev–Trinajstić information content (AvgIpc) is 3.48. The van der Waals surface area contributed by atoms with Crippen LogP contribution in [0.15, 0.2) is 66.2 Å². The van der Waals surface area contributed by atoms with E-state index in [0.29, 0.717) is 11.6 Å². The van der Waals surface area contributed by atoms with Crippen LogP contribution in [0.4, 0.5) is 0 Å². The van der Waals surface area contributed by atoms with Gasteiger partial charge in [-0.3, -0.25) is 9.69 Å². The van der Waals surface area contributed by atoms with Crippen LogP contribution in [0.1, 0.15) is 39.7 Å². The van der Waals surface area contributed by atoms with Crippen molar-refractivity contribution in [1.82, 2.24) is 9.88 Å². The van der Waals surface area contributed by atoms with Crippen molar-refractivity contribution in [2.24, 2.45) is 5.73 Å². The van der Waals surface area contributed by atoms with Crippen LogP contribution >= 0.6 is 11.3 Å². The number of fused-ring (bicyclic) bond motifs is 1. The largest absolute Gasteiger partial charge is 0.366 e. The van der Waals surface area contributed by atoms with Gasteiger partial charge in [-0.1, -0.05) is 30.3 Å². The number of primary amides is 1. The van der Waals surface area contributed by atoms with E-state index in [4.69, 9.17) is 5.73 Å². The molecule has 1 aliphatic heterocycles. The average molecular weight is 402 g/mol. The van der Waals surface area contributed by atoms with Crippen molar-refractivity contribution >= 4 is 28.1 Å². The van der Waals surface area contributed by atoms with Crippen LogP contribution in [-0.4, -0.2) is 22.3 Å². The monoisotopic (exact) mass is 401 g/mol. The molecule has 5 rings (SSSR count). The number of benzene rings is 2. The molecular formula is C24H23N3OS. The van der Waals surface area contributed by atoms with E-state index in [1.807, 2.05) is 18.3 Å². The molecule has 4 aromatic rings. The van der Waals surface area contributed by atoms with E-state index in [2.05, 4.69) is 57.7 Å². The first-order valence-electron chi connectivity index (χ1n) is 9.97. The highest BCUT2D eigenvalue weighted by atomic mass is 32.1. The minimum atomic E-state index is -0.405. The standard InChI is InChI=1S/C24H23N3OS/c25-24(28)21-13-18(11-17-8-9-26-23(17)21)19-12-20(29-15-19)14-27-10-4-7-22(27)16-5-2-1-3-6-16/h1-3,5-6,8-9,11-13,15,22,26H,4,7,10,14H2,(H2,25,28). The third-order valence-corrected chi connectivity index (χ3v) is 6.74. The summed E-state index contributed by atoms with van der Waals surface area (Å²) in [6.07, 6.45) is 4.30. The first-order valence-corrected chi connectivity index (χ1v) is 10.8. The van der Waals surface area contributed by atoms with Crippen molar-refractivity contribution < 1.29 is 4.79 Å². The third kappa shape index (κ3) is 3.48. The van der Waals surface area contributed by atoms with Gasteiger partial charge in [0.2, 0.25) is 0 Å². The lowest BCUT2D eigenvalue weighted by Crippen LogP contribution is -2.22. The van der Waals surface area contributed by atoms with E-state index in [-0.39, 0.29) is 0 Å². The number of H-pyrrole nitrogens is 1. The van der Waals surface area contributed by atoms with Crippen molar-refractivity contribution in [3.05, 3.63) is 82.2 Å². The second kappa shape index (κ2) is 7.50. The minimum absolute atomic E-state index is 0.405. The second-order valence-corrected chi connectivity index (χ2v) is 8.67. The maximum Gasteiger partial charge on any atom is 0.250 e. The van der Waals surface area contributed by atoms with Gasteiger partial charge < -0.3 is 10.7 Å². The van der Waals surface area contributed by atoms with Gasteiger partial charge in [0.25, 0.3) is 5.91 Å². The number of aromatic nitrogens is 1. The molecule has 0 radical (unpaired) electrons. The van der Waals surface area contributed by atoms with Crippen molar-refractivity contribution in [1.29, 1.82) is 0 Å². The summed E-state index contributed by atoms with van der Waals surface area (Å²) < 4.78 is 0. The smallest absolute Gasteiger partial charge is 0.250 e. The Kier molecular flexibility index (Phi) is 4.70. The molecule has 4 nitrogen and oxygen atoms in total. The third-order valence-electron chi connectivity index (χ3n) is 5.82. The van der Waals surface area contributed by atoms with Crippen molar-refractivity contribution in [3.63, 3.8) is 0 Å². The molecule has 1 aliphatic rings. The lowest BCUT2D eigenvalue weighted by molar-refractivity contribution is 0.100. The zero-order chi connectivity index (χ0) is 19.8. The van der Waals surface area contributed by atoms with Gasteiger partial charge >= 0.3 is 0 Å². The molecular weight excluding hydrogens is 378 g/mol. The summed E-state index contributed by atoms with van der Waals surface area (Å²) in [4.78, 5) is 18.9. The van der Waals surface area contributed by atoms with E-state index in [9.17, 15) is 4.79 Å². The highest BCUT2D eigenvalue weighted by molar-refractivity contribution is 7.10. The molecule has 5 heteroatoms. The zero-order valence-corrected chi connectivity index (χ0v) is 16.9. The van der Waals surface area contributed by atoms with Gasteiger partial charge in [-0.25, -0.2) is 0 Å². The Morgan fingerprint density at radius 2 is 2.00 bits per heavy atom.